The first-order valence-corrected chi connectivity index (χ1v) is 8.71. The van der Waals surface area contributed by atoms with E-state index in [2.05, 4.69) is 67.3 Å². The number of nitrogens with zero attached hydrogens (tertiary/aromatic N) is 1. The fraction of sp³-hybridized carbons (Fsp3) is 0.429. The summed E-state index contributed by atoms with van der Waals surface area (Å²) in [7, 11) is 0. The van der Waals surface area contributed by atoms with Crippen LogP contribution < -0.4 is 4.90 Å². The Balaban J connectivity index is 0.000000561. The molecule has 0 fully saturated rings. The molecule has 0 saturated carbocycles. The Bertz CT molecular complexity index is 543. The van der Waals surface area contributed by atoms with E-state index in [9.17, 15) is 0 Å². The van der Waals surface area contributed by atoms with E-state index in [1.54, 1.807) is 0 Å². The summed E-state index contributed by atoms with van der Waals surface area (Å²) < 4.78 is 0. The van der Waals surface area contributed by atoms with Gasteiger partial charge in [0.25, 0.3) is 0 Å². The Morgan fingerprint density at radius 3 is 2.05 bits per heavy atom. The Kier molecular flexibility index (Phi) is 7.73. The lowest BCUT2D eigenvalue weighted by Gasteiger charge is -2.24. The molecule has 1 aliphatic rings. The maximum atomic E-state index is 2.50. The van der Waals surface area contributed by atoms with Gasteiger partial charge in [-0.25, -0.2) is 0 Å². The van der Waals surface area contributed by atoms with Gasteiger partial charge in [0.05, 0.1) is 0 Å². The van der Waals surface area contributed by atoms with Crippen molar-refractivity contribution in [1.29, 1.82) is 0 Å². The number of benzene rings is 2. The minimum absolute atomic E-state index is 0.581. The summed E-state index contributed by atoms with van der Waals surface area (Å²) in [5.41, 5.74) is 5.53. The molecule has 2 aromatic carbocycles. The average molecular weight is 297 g/mol. The van der Waals surface area contributed by atoms with Crippen molar-refractivity contribution in [3.8, 4) is 11.1 Å². The second kappa shape index (κ2) is 9.30. The molecule has 0 N–H and O–H groups in total. The van der Waals surface area contributed by atoms with Crippen LogP contribution in [-0.4, -0.2) is 12.6 Å². The predicted molar refractivity (Wildman–Crippen MR) is 101 cm³/mol. The van der Waals surface area contributed by atoms with Crippen LogP contribution in [0.5, 0.6) is 0 Å². The summed E-state index contributed by atoms with van der Waals surface area (Å²) in [6.07, 6.45) is 1.18. The summed E-state index contributed by atoms with van der Waals surface area (Å²) in [5, 5.41) is 0. The van der Waals surface area contributed by atoms with Crippen LogP contribution in [0.1, 0.15) is 47.1 Å². The monoisotopic (exact) mass is 297 g/mol. The standard InChI is InChI=1S/C17H19N.2C2H6/c1-13(2)18-11-10-15-8-9-16(12-17(15)18)14-6-4-3-5-7-14;2*1-2/h3-9,12-13H,10-11H2,1-2H3;2*1-2H3. The second-order valence-corrected chi connectivity index (χ2v) is 5.25. The lowest BCUT2D eigenvalue weighted by Crippen LogP contribution is -2.28. The van der Waals surface area contributed by atoms with Gasteiger partial charge in [0, 0.05) is 18.3 Å². The van der Waals surface area contributed by atoms with Crippen LogP contribution in [0.15, 0.2) is 48.5 Å². The van der Waals surface area contributed by atoms with E-state index in [0.717, 1.165) is 6.54 Å². The molecule has 1 heteroatoms. The van der Waals surface area contributed by atoms with Crippen LogP contribution in [0.25, 0.3) is 11.1 Å². The fourth-order valence-corrected chi connectivity index (χ4v) is 2.75. The van der Waals surface area contributed by atoms with Gasteiger partial charge in [-0.1, -0.05) is 70.2 Å². The van der Waals surface area contributed by atoms with Crippen LogP contribution in [0, 0.1) is 0 Å². The molecule has 0 amide bonds. The minimum atomic E-state index is 0.581. The Hall–Kier alpha value is -1.76. The number of fused-ring (bicyclic) bond motifs is 1. The van der Waals surface area contributed by atoms with E-state index in [1.807, 2.05) is 27.7 Å². The van der Waals surface area contributed by atoms with E-state index in [0.29, 0.717) is 6.04 Å². The van der Waals surface area contributed by atoms with Crippen molar-refractivity contribution in [2.24, 2.45) is 0 Å². The van der Waals surface area contributed by atoms with E-state index in [4.69, 9.17) is 0 Å². The van der Waals surface area contributed by atoms with Crippen LogP contribution in [0.3, 0.4) is 0 Å². The van der Waals surface area contributed by atoms with Crippen molar-refractivity contribution in [3.63, 3.8) is 0 Å². The van der Waals surface area contributed by atoms with Gasteiger partial charge in [0.15, 0.2) is 0 Å². The van der Waals surface area contributed by atoms with Gasteiger partial charge in [0.2, 0.25) is 0 Å². The molecule has 22 heavy (non-hydrogen) atoms. The van der Waals surface area contributed by atoms with Gasteiger partial charge in [-0.2, -0.15) is 0 Å². The summed E-state index contributed by atoms with van der Waals surface area (Å²) >= 11 is 0. The van der Waals surface area contributed by atoms with E-state index >= 15 is 0 Å². The molecule has 2 aromatic rings. The molecule has 0 unspecified atom stereocenters. The number of hydrogen-bond acceptors (Lipinski definition) is 1. The molecule has 3 rings (SSSR count). The van der Waals surface area contributed by atoms with Crippen molar-refractivity contribution < 1.29 is 0 Å². The van der Waals surface area contributed by atoms with E-state index in [-0.39, 0.29) is 0 Å². The lowest BCUT2D eigenvalue weighted by molar-refractivity contribution is 0.710. The van der Waals surface area contributed by atoms with Crippen LogP contribution in [0.4, 0.5) is 5.69 Å². The molecular formula is C21H31N. The Morgan fingerprint density at radius 2 is 1.45 bits per heavy atom. The largest absolute Gasteiger partial charge is 0.369 e. The zero-order chi connectivity index (χ0) is 16.5. The maximum absolute atomic E-state index is 2.50. The predicted octanol–water partition coefficient (Wildman–Crippen LogP) is 6.18. The lowest BCUT2D eigenvalue weighted by atomic mass is 10.0. The van der Waals surface area contributed by atoms with Crippen molar-refractivity contribution in [2.75, 3.05) is 11.4 Å². The number of rotatable bonds is 2. The molecule has 0 aromatic heterocycles. The average Bonchev–Trinajstić information content (AvgIpc) is 3.02. The van der Waals surface area contributed by atoms with Crippen LogP contribution in [-0.2, 0) is 6.42 Å². The molecule has 0 spiro atoms. The first kappa shape index (κ1) is 18.3. The van der Waals surface area contributed by atoms with Gasteiger partial charge in [-0.05, 0) is 43.0 Å². The minimum Gasteiger partial charge on any atom is -0.369 e. The van der Waals surface area contributed by atoms with Crippen LogP contribution in [0.2, 0.25) is 0 Å². The Morgan fingerprint density at radius 1 is 0.818 bits per heavy atom. The zero-order valence-electron chi connectivity index (χ0n) is 15.1. The SMILES string of the molecule is CC.CC.CC(C)N1CCc2ccc(-c3ccccc3)cc21. The highest BCUT2D eigenvalue weighted by atomic mass is 15.2. The van der Waals surface area contributed by atoms with Gasteiger partial charge in [0.1, 0.15) is 0 Å². The molecule has 0 aliphatic carbocycles. The van der Waals surface area contributed by atoms with E-state index in [1.165, 1.54) is 28.8 Å². The van der Waals surface area contributed by atoms with Crippen molar-refractivity contribution >= 4 is 5.69 Å². The molecule has 1 nitrogen and oxygen atoms in total. The number of hydrogen-bond donors (Lipinski definition) is 0. The van der Waals surface area contributed by atoms with Gasteiger partial charge < -0.3 is 4.90 Å². The highest BCUT2D eigenvalue weighted by molar-refractivity contribution is 5.72. The Labute approximate surface area is 137 Å². The number of anilines is 1. The van der Waals surface area contributed by atoms with Crippen molar-refractivity contribution in [3.05, 3.63) is 54.1 Å². The van der Waals surface area contributed by atoms with Crippen LogP contribution >= 0.6 is 0 Å². The van der Waals surface area contributed by atoms with Gasteiger partial charge in [-0.3, -0.25) is 0 Å². The molecular weight excluding hydrogens is 266 g/mol. The van der Waals surface area contributed by atoms with Gasteiger partial charge in [-0.15, -0.1) is 0 Å². The summed E-state index contributed by atoms with van der Waals surface area (Å²) in [4.78, 5) is 2.50. The summed E-state index contributed by atoms with van der Waals surface area (Å²) in [6, 6.07) is 18.1. The highest BCUT2D eigenvalue weighted by Crippen LogP contribution is 2.33. The maximum Gasteiger partial charge on any atom is 0.0408 e. The fourth-order valence-electron chi connectivity index (χ4n) is 2.75. The topological polar surface area (TPSA) is 3.24 Å². The summed E-state index contributed by atoms with van der Waals surface area (Å²) in [6.45, 7) is 13.7. The molecule has 1 aliphatic heterocycles. The zero-order valence-corrected chi connectivity index (χ0v) is 15.1. The van der Waals surface area contributed by atoms with Gasteiger partial charge >= 0.3 is 0 Å². The third-order valence-electron chi connectivity index (χ3n) is 3.75. The first-order chi connectivity index (χ1) is 10.8. The van der Waals surface area contributed by atoms with Crippen molar-refractivity contribution in [2.45, 2.75) is 54.0 Å². The van der Waals surface area contributed by atoms with Crippen molar-refractivity contribution in [1.82, 2.24) is 0 Å². The highest BCUT2D eigenvalue weighted by Gasteiger charge is 2.21. The molecule has 0 atom stereocenters. The normalized spacial score (nSPS) is 12.0. The molecule has 0 bridgehead atoms. The third-order valence-corrected chi connectivity index (χ3v) is 3.75. The summed E-state index contributed by atoms with van der Waals surface area (Å²) in [5.74, 6) is 0. The molecule has 0 saturated heterocycles. The third kappa shape index (κ3) is 4.13. The smallest absolute Gasteiger partial charge is 0.0408 e. The molecule has 120 valence electrons. The molecule has 1 heterocycles. The first-order valence-electron chi connectivity index (χ1n) is 8.71. The molecule has 0 radical (unpaired) electrons. The quantitative estimate of drug-likeness (QED) is 0.640. The van der Waals surface area contributed by atoms with E-state index < -0.39 is 0 Å². The second-order valence-electron chi connectivity index (χ2n) is 5.25.